The molecule has 0 N–H and O–H groups in total. The number of halogens is 1. The zero-order valence-electron chi connectivity index (χ0n) is 20.9. The average Bonchev–Trinajstić information content (AvgIpc) is 3.54. The predicted molar refractivity (Wildman–Crippen MR) is 136 cm³/mol. The van der Waals surface area contributed by atoms with Crippen molar-refractivity contribution in [2.45, 2.75) is 49.4 Å². The molecule has 0 unspecified atom stereocenters. The zero-order valence-corrected chi connectivity index (χ0v) is 21.7. The molecule has 1 saturated heterocycles. The summed E-state index contributed by atoms with van der Waals surface area (Å²) in [4.78, 5) is 19.1. The van der Waals surface area contributed by atoms with E-state index in [1.54, 1.807) is 22.6 Å². The number of amides is 1. The normalized spacial score (nSPS) is 15.7. The number of benzene rings is 2. The summed E-state index contributed by atoms with van der Waals surface area (Å²) >= 11 is 0. The second-order valence-corrected chi connectivity index (χ2v) is 11.0. The summed E-state index contributed by atoms with van der Waals surface area (Å²) in [5, 5.41) is -0.150. The van der Waals surface area contributed by atoms with Crippen molar-refractivity contribution < 1.29 is 27.1 Å². The van der Waals surface area contributed by atoms with E-state index < -0.39 is 21.4 Å². The summed E-state index contributed by atoms with van der Waals surface area (Å²) < 4.78 is 53.7. The number of carbonyl (C=O) groups excluding carboxylic acids is 1. The third-order valence-corrected chi connectivity index (χ3v) is 7.94. The molecule has 1 aromatic heterocycles. The largest absolute Gasteiger partial charge is 0.383 e. The lowest BCUT2D eigenvalue weighted by atomic mass is 10.1. The van der Waals surface area contributed by atoms with Gasteiger partial charge in [0.05, 0.1) is 49.9 Å². The van der Waals surface area contributed by atoms with Crippen molar-refractivity contribution in [3.63, 3.8) is 0 Å². The molecule has 2 heterocycles. The van der Waals surface area contributed by atoms with Gasteiger partial charge in [0.25, 0.3) is 0 Å². The number of hydrogen-bond donors (Lipinski definition) is 0. The summed E-state index contributed by atoms with van der Waals surface area (Å²) in [5.41, 5.74) is 1.53. The number of sulfone groups is 1. The van der Waals surface area contributed by atoms with Gasteiger partial charge in [0.1, 0.15) is 5.82 Å². The molecule has 4 rings (SSSR count). The van der Waals surface area contributed by atoms with Crippen LogP contribution in [-0.2, 0) is 49.4 Å². The number of carbonyl (C=O) groups is 1. The van der Waals surface area contributed by atoms with Gasteiger partial charge in [0.2, 0.25) is 20.9 Å². The van der Waals surface area contributed by atoms with Crippen LogP contribution in [0.1, 0.15) is 29.7 Å². The Bertz CT molecular complexity index is 1290. The summed E-state index contributed by atoms with van der Waals surface area (Å²) in [6.07, 6.45) is 3.22. The molecule has 198 valence electrons. The van der Waals surface area contributed by atoms with E-state index in [9.17, 15) is 17.6 Å². The van der Waals surface area contributed by atoms with Crippen molar-refractivity contribution in [1.82, 2.24) is 14.5 Å². The Morgan fingerprint density at radius 3 is 2.65 bits per heavy atom. The second kappa shape index (κ2) is 12.4. The topological polar surface area (TPSA) is 90.7 Å². The van der Waals surface area contributed by atoms with E-state index in [0.29, 0.717) is 25.5 Å². The molecule has 1 amide bonds. The van der Waals surface area contributed by atoms with Gasteiger partial charge in [0, 0.05) is 25.8 Å². The maximum Gasteiger partial charge on any atom is 0.228 e. The predicted octanol–water partition coefficient (Wildman–Crippen LogP) is 3.39. The summed E-state index contributed by atoms with van der Waals surface area (Å²) in [6.45, 7) is 1.72. The first kappa shape index (κ1) is 27.0. The monoisotopic (exact) mass is 529 g/mol. The van der Waals surface area contributed by atoms with Gasteiger partial charge in [0.15, 0.2) is 0 Å². The highest BCUT2D eigenvalue weighted by atomic mass is 32.2. The molecular formula is C27H32FN3O5S. The SMILES string of the molecule is COCCN(Cc1cnc(S(=O)(=O)Cc2ccccc2F)n1C[C@@H]1CCCO1)C(=O)Cc1ccccc1. The van der Waals surface area contributed by atoms with Gasteiger partial charge in [-0.05, 0) is 24.5 Å². The number of imidazole rings is 1. The van der Waals surface area contributed by atoms with E-state index in [2.05, 4.69) is 4.98 Å². The molecule has 0 aliphatic carbocycles. The van der Waals surface area contributed by atoms with Crippen LogP contribution in [0.3, 0.4) is 0 Å². The molecule has 3 aromatic rings. The van der Waals surface area contributed by atoms with Crippen molar-refractivity contribution in [2.75, 3.05) is 26.9 Å². The highest BCUT2D eigenvalue weighted by Gasteiger charge is 2.29. The fraction of sp³-hybridized carbons (Fsp3) is 0.407. The van der Waals surface area contributed by atoms with Crippen LogP contribution < -0.4 is 0 Å². The average molecular weight is 530 g/mol. The van der Waals surface area contributed by atoms with Crippen molar-refractivity contribution in [2.24, 2.45) is 0 Å². The molecule has 0 spiro atoms. The Hall–Kier alpha value is -3.08. The molecule has 8 nitrogen and oxygen atoms in total. The van der Waals surface area contributed by atoms with Gasteiger partial charge in [-0.2, -0.15) is 0 Å². The number of nitrogens with zero attached hydrogens (tertiary/aromatic N) is 3. The Labute approximate surface area is 216 Å². The standard InChI is InChI=1S/C27H32FN3O5S/c1-35-15-13-30(26(32)16-21-8-3-2-4-9-21)18-23-17-29-27(31(23)19-24-11-7-14-36-24)37(33,34)20-22-10-5-6-12-25(22)28/h2-6,8-10,12,17,24H,7,11,13-16,18-20H2,1H3/t24-/m0/s1. The lowest BCUT2D eigenvalue weighted by Gasteiger charge is -2.24. The van der Waals surface area contributed by atoms with E-state index in [4.69, 9.17) is 9.47 Å². The van der Waals surface area contributed by atoms with Crippen LogP contribution in [0.5, 0.6) is 0 Å². The number of ether oxygens (including phenoxy) is 2. The zero-order chi connectivity index (χ0) is 26.3. The van der Waals surface area contributed by atoms with Crippen LogP contribution in [0.25, 0.3) is 0 Å². The Kier molecular flexibility index (Phi) is 9.07. The molecule has 0 radical (unpaired) electrons. The van der Waals surface area contributed by atoms with Crippen LogP contribution >= 0.6 is 0 Å². The van der Waals surface area contributed by atoms with Gasteiger partial charge in [-0.1, -0.05) is 48.5 Å². The first-order valence-corrected chi connectivity index (χ1v) is 14.0. The second-order valence-electron chi connectivity index (χ2n) is 9.10. The van der Waals surface area contributed by atoms with Crippen LogP contribution in [0, 0.1) is 5.82 Å². The highest BCUT2D eigenvalue weighted by Crippen LogP contribution is 2.23. The third kappa shape index (κ3) is 7.03. The maximum absolute atomic E-state index is 14.3. The van der Waals surface area contributed by atoms with Crippen LogP contribution in [0.4, 0.5) is 4.39 Å². The highest BCUT2D eigenvalue weighted by molar-refractivity contribution is 7.90. The van der Waals surface area contributed by atoms with Crippen molar-refractivity contribution in [3.8, 4) is 0 Å². The minimum atomic E-state index is -3.98. The molecule has 2 aromatic carbocycles. The molecule has 10 heteroatoms. The quantitative estimate of drug-likeness (QED) is 0.357. The van der Waals surface area contributed by atoms with Crippen molar-refractivity contribution in [1.29, 1.82) is 0 Å². The Morgan fingerprint density at radius 2 is 1.95 bits per heavy atom. The smallest absolute Gasteiger partial charge is 0.228 e. The summed E-state index contributed by atoms with van der Waals surface area (Å²) in [6, 6.07) is 15.2. The molecule has 1 aliphatic rings. The lowest BCUT2D eigenvalue weighted by molar-refractivity contribution is -0.131. The van der Waals surface area contributed by atoms with Gasteiger partial charge in [-0.3, -0.25) is 4.79 Å². The molecular weight excluding hydrogens is 497 g/mol. The van der Waals surface area contributed by atoms with Gasteiger partial charge < -0.3 is 18.9 Å². The van der Waals surface area contributed by atoms with E-state index in [-0.39, 0.29) is 42.2 Å². The van der Waals surface area contributed by atoms with Gasteiger partial charge >= 0.3 is 0 Å². The van der Waals surface area contributed by atoms with E-state index in [1.807, 2.05) is 30.3 Å². The lowest BCUT2D eigenvalue weighted by Crippen LogP contribution is -2.35. The van der Waals surface area contributed by atoms with E-state index >= 15 is 0 Å². The third-order valence-electron chi connectivity index (χ3n) is 6.36. The molecule has 1 fully saturated rings. The minimum Gasteiger partial charge on any atom is -0.383 e. The first-order valence-electron chi connectivity index (χ1n) is 12.3. The van der Waals surface area contributed by atoms with Crippen molar-refractivity contribution in [3.05, 3.63) is 83.4 Å². The fourth-order valence-electron chi connectivity index (χ4n) is 4.41. The van der Waals surface area contributed by atoms with Crippen LogP contribution in [-0.4, -0.2) is 61.7 Å². The number of hydrogen-bond acceptors (Lipinski definition) is 6. The molecule has 1 aliphatic heterocycles. The van der Waals surface area contributed by atoms with Gasteiger partial charge in [-0.25, -0.2) is 17.8 Å². The molecule has 0 bridgehead atoms. The molecule has 1 atom stereocenters. The number of methoxy groups -OCH3 is 1. The molecule has 37 heavy (non-hydrogen) atoms. The maximum atomic E-state index is 14.3. The van der Waals surface area contributed by atoms with Crippen LogP contribution in [0.2, 0.25) is 0 Å². The first-order chi connectivity index (χ1) is 17.9. The van der Waals surface area contributed by atoms with Crippen LogP contribution in [0.15, 0.2) is 66.0 Å². The Morgan fingerprint density at radius 1 is 1.19 bits per heavy atom. The molecule has 0 saturated carbocycles. The van der Waals surface area contributed by atoms with Crippen molar-refractivity contribution >= 4 is 15.7 Å². The fourth-order valence-corrected chi connectivity index (χ4v) is 5.92. The van der Waals surface area contributed by atoms with E-state index in [0.717, 1.165) is 18.4 Å². The van der Waals surface area contributed by atoms with E-state index in [1.165, 1.54) is 24.4 Å². The van der Waals surface area contributed by atoms with Gasteiger partial charge in [-0.15, -0.1) is 0 Å². The Balaban J connectivity index is 1.63. The summed E-state index contributed by atoms with van der Waals surface area (Å²) in [7, 11) is -2.42. The number of aromatic nitrogens is 2. The summed E-state index contributed by atoms with van der Waals surface area (Å²) in [5.74, 6) is -1.20. The minimum absolute atomic E-state index is 0.0791. The number of rotatable bonds is 12.